The van der Waals surface area contributed by atoms with Crippen LogP contribution >= 0.6 is 0 Å². The normalized spacial score (nSPS) is 27.7. The smallest absolute Gasteiger partial charge is 0.132 e. The van der Waals surface area contributed by atoms with Gasteiger partial charge in [0.25, 0.3) is 0 Å². The number of anilines is 1. The van der Waals surface area contributed by atoms with E-state index in [0.29, 0.717) is 12.1 Å². The fraction of sp³-hybridized carbons (Fsp3) is 0.600. The van der Waals surface area contributed by atoms with Gasteiger partial charge in [-0.25, -0.2) is 9.97 Å². The molecule has 1 fully saturated rings. The maximum Gasteiger partial charge on any atom is 0.132 e. The Morgan fingerprint density at radius 3 is 3.07 bits per heavy atom. The van der Waals surface area contributed by atoms with Crippen LogP contribution in [0.15, 0.2) is 18.6 Å². The van der Waals surface area contributed by atoms with Crippen molar-refractivity contribution in [2.24, 2.45) is 0 Å². The second kappa shape index (κ2) is 3.92. The van der Waals surface area contributed by atoms with Crippen LogP contribution in [0.4, 0.5) is 5.82 Å². The zero-order valence-corrected chi connectivity index (χ0v) is 8.64. The molecule has 1 aromatic rings. The van der Waals surface area contributed by atoms with Gasteiger partial charge >= 0.3 is 0 Å². The van der Waals surface area contributed by atoms with E-state index < -0.39 is 0 Å². The topological polar surface area (TPSA) is 41.1 Å². The van der Waals surface area contributed by atoms with E-state index in [1.165, 1.54) is 0 Å². The van der Waals surface area contributed by atoms with E-state index in [1.54, 1.807) is 12.5 Å². The first-order chi connectivity index (χ1) is 6.77. The largest absolute Gasteiger partial charge is 0.351 e. The molecule has 4 heteroatoms. The Morgan fingerprint density at radius 1 is 1.50 bits per heavy atom. The van der Waals surface area contributed by atoms with Gasteiger partial charge in [0.15, 0.2) is 0 Å². The molecule has 0 radical (unpaired) electrons. The van der Waals surface area contributed by atoms with Crippen LogP contribution in [0.1, 0.15) is 13.8 Å². The van der Waals surface area contributed by atoms with Crippen LogP contribution < -0.4 is 10.2 Å². The third kappa shape index (κ3) is 1.85. The van der Waals surface area contributed by atoms with Crippen molar-refractivity contribution in [3.8, 4) is 0 Å². The highest BCUT2D eigenvalue weighted by Crippen LogP contribution is 2.15. The van der Waals surface area contributed by atoms with Gasteiger partial charge in [0.2, 0.25) is 0 Å². The first kappa shape index (κ1) is 9.40. The summed E-state index contributed by atoms with van der Waals surface area (Å²) in [7, 11) is 0. The Labute approximate surface area is 84.4 Å². The third-order valence-electron chi connectivity index (χ3n) is 2.62. The summed E-state index contributed by atoms with van der Waals surface area (Å²) in [6.45, 7) is 6.43. The summed E-state index contributed by atoms with van der Waals surface area (Å²) in [5.41, 5.74) is 0. The van der Waals surface area contributed by atoms with E-state index >= 15 is 0 Å². The number of aromatic nitrogens is 2. The second-order valence-corrected chi connectivity index (χ2v) is 3.88. The van der Waals surface area contributed by atoms with Gasteiger partial charge < -0.3 is 10.2 Å². The molecule has 0 aromatic carbocycles. The van der Waals surface area contributed by atoms with E-state index in [1.807, 2.05) is 6.07 Å². The molecule has 2 atom stereocenters. The van der Waals surface area contributed by atoms with Crippen molar-refractivity contribution in [2.45, 2.75) is 25.9 Å². The Bertz CT molecular complexity index is 287. The van der Waals surface area contributed by atoms with Crippen molar-refractivity contribution in [3.05, 3.63) is 18.6 Å². The fourth-order valence-corrected chi connectivity index (χ4v) is 1.79. The molecule has 0 aliphatic carbocycles. The summed E-state index contributed by atoms with van der Waals surface area (Å²) < 4.78 is 0. The molecule has 0 spiro atoms. The van der Waals surface area contributed by atoms with Crippen molar-refractivity contribution in [2.75, 3.05) is 18.0 Å². The van der Waals surface area contributed by atoms with Gasteiger partial charge in [-0.05, 0) is 19.9 Å². The maximum absolute atomic E-state index is 4.27. The summed E-state index contributed by atoms with van der Waals surface area (Å²) >= 11 is 0. The highest BCUT2D eigenvalue weighted by Gasteiger charge is 2.22. The molecule has 2 unspecified atom stereocenters. The third-order valence-corrected chi connectivity index (χ3v) is 2.62. The quantitative estimate of drug-likeness (QED) is 0.710. The van der Waals surface area contributed by atoms with Gasteiger partial charge in [-0.1, -0.05) is 0 Å². The number of hydrogen-bond donors (Lipinski definition) is 1. The lowest BCUT2D eigenvalue weighted by Gasteiger charge is -2.38. The molecule has 0 amide bonds. The average molecular weight is 192 g/mol. The van der Waals surface area contributed by atoms with Gasteiger partial charge in [-0.2, -0.15) is 0 Å². The molecule has 0 saturated carbocycles. The lowest BCUT2D eigenvalue weighted by atomic mass is 10.1. The summed E-state index contributed by atoms with van der Waals surface area (Å²) in [5, 5.41) is 3.45. The molecule has 1 aromatic heterocycles. The minimum atomic E-state index is 0.501. The van der Waals surface area contributed by atoms with Gasteiger partial charge in [-0.3, -0.25) is 0 Å². The number of nitrogens with one attached hydrogen (secondary N) is 1. The number of nitrogens with zero attached hydrogens (tertiary/aromatic N) is 3. The van der Waals surface area contributed by atoms with Crippen LogP contribution in [0.3, 0.4) is 0 Å². The Morgan fingerprint density at radius 2 is 2.36 bits per heavy atom. The highest BCUT2D eigenvalue weighted by atomic mass is 15.3. The molecule has 1 aliphatic heterocycles. The van der Waals surface area contributed by atoms with Gasteiger partial charge in [-0.15, -0.1) is 0 Å². The Balaban J connectivity index is 2.16. The summed E-state index contributed by atoms with van der Waals surface area (Å²) in [6, 6.07) is 3.00. The monoisotopic (exact) mass is 192 g/mol. The first-order valence-corrected chi connectivity index (χ1v) is 5.03. The van der Waals surface area contributed by atoms with Crippen LogP contribution in [-0.4, -0.2) is 35.1 Å². The van der Waals surface area contributed by atoms with Gasteiger partial charge in [0.05, 0.1) is 0 Å². The van der Waals surface area contributed by atoms with Crippen molar-refractivity contribution < 1.29 is 0 Å². The zero-order chi connectivity index (χ0) is 9.97. The second-order valence-electron chi connectivity index (χ2n) is 3.88. The molecular formula is C10H16N4. The van der Waals surface area contributed by atoms with Crippen LogP contribution in [0.2, 0.25) is 0 Å². The van der Waals surface area contributed by atoms with Gasteiger partial charge in [0, 0.05) is 31.4 Å². The molecule has 1 aliphatic rings. The lowest BCUT2D eigenvalue weighted by Crippen LogP contribution is -2.54. The molecule has 4 nitrogen and oxygen atoms in total. The molecule has 2 rings (SSSR count). The average Bonchev–Trinajstić information content (AvgIpc) is 2.23. The highest BCUT2D eigenvalue weighted by molar-refractivity contribution is 5.39. The van der Waals surface area contributed by atoms with Crippen molar-refractivity contribution >= 4 is 5.82 Å². The summed E-state index contributed by atoms with van der Waals surface area (Å²) in [4.78, 5) is 10.5. The Kier molecular flexibility index (Phi) is 2.63. The summed E-state index contributed by atoms with van der Waals surface area (Å²) in [5.74, 6) is 1.03. The molecule has 1 N–H and O–H groups in total. The molecule has 76 valence electrons. The van der Waals surface area contributed by atoms with E-state index in [2.05, 4.69) is 34.0 Å². The minimum absolute atomic E-state index is 0.501. The first-order valence-electron chi connectivity index (χ1n) is 5.03. The van der Waals surface area contributed by atoms with Crippen LogP contribution in [0.5, 0.6) is 0 Å². The van der Waals surface area contributed by atoms with Crippen LogP contribution in [0, 0.1) is 0 Å². The predicted octanol–water partition coefficient (Wildman–Crippen LogP) is 0.663. The van der Waals surface area contributed by atoms with Gasteiger partial charge in [0.1, 0.15) is 12.1 Å². The van der Waals surface area contributed by atoms with E-state index in [-0.39, 0.29) is 0 Å². The molecule has 14 heavy (non-hydrogen) atoms. The van der Waals surface area contributed by atoms with Crippen molar-refractivity contribution in [1.82, 2.24) is 15.3 Å². The van der Waals surface area contributed by atoms with E-state index in [0.717, 1.165) is 18.9 Å². The number of piperazine rings is 1. The lowest BCUT2D eigenvalue weighted by molar-refractivity contribution is 0.422. The van der Waals surface area contributed by atoms with E-state index in [4.69, 9.17) is 0 Å². The molecule has 1 saturated heterocycles. The van der Waals surface area contributed by atoms with Crippen LogP contribution in [0.25, 0.3) is 0 Å². The van der Waals surface area contributed by atoms with Crippen molar-refractivity contribution in [3.63, 3.8) is 0 Å². The van der Waals surface area contributed by atoms with E-state index in [9.17, 15) is 0 Å². The minimum Gasteiger partial charge on any atom is -0.351 e. The standard InChI is InChI=1S/C10H16N4/c1-8-6-14(9(2)5-12-8)10-3-4-11-7-13-10/h3-4,7-9,12H,5-6H2,1-2H3. The molecule has 0 bridgehead atoms. The molecular weight excluding hydrogens is 176 g/mol. The number of hydrogen-bond acceptors (Lipinski definition) is 4. The van der Waals surface area contributed by atoms with Crippen molar-refractivity contribution in [1.29, 1.82) is 0 Å². The maximum atomic E-state index is 4.27. The predicted molar refractivity (Wildman–Crippen MR) is 56.3 cm³/mol. The van der Waals surface area contributed by atoms with Crippen LogP contribution in [-0.2, 0) is 0 Å². The SMILES string of the molecule is CC1CN(c2ccncn2)C(C)CN1. The Hall–Kier alpha value is -1.16. The zero-order valence-electron chi connectivity index (χ0n) is 8.64. The number of rotatable bonds is 1. The molecule has 2 heterocycles. The fourth-order valence-electron chi connectivity index (χ4n) is 1.79. The summed E-state index contributed by atoms with van der Waals surface area (Å²) in [6.07, 6.45) is 3.40.